The summed E-state index contributed by atoms with van der Waals surface area (Å²) in [5.41, 5.74) is 2.31. The van der Waals surface area contributed by atoms with Crippen molar-refractivity contribution in [2.24, 2.45) is 0 Å². The van der Waals surface area contributed by atoms with E-state index in [4.69, 9.17) is 27.7 Å². The minimum absolute atomic E-state index is 0.0710. The third-order valence-corrected chi connectivity index (χ3v) is 17.7. The van der Waals surface area contributed by atoms with Gasteiger partial charge in [-0.15, -0.1) is 0 Å². The number of carbonyl (C=O) groups excluding carboxylic acids is 1. The van der Waals surface area contributed by atoms with E-state index >= 15 is 0 Å². The van der Waals surface area contributed by atoms with Gasteiger partial charge in [-0.2, -0.15) is 0 Å². The van der Waals surface area contributed by atoms with Crippen molar-refractivity contribution in [3.8, 4) is 17.2 Å². The lowest BCUT2D eigenvalue weighted by atomic mass is 10.2. The molecule has 0 aliphatic rings. The topological polar surface area (TPSA) is 83.3 Å². The molecule has 0 unspecified atom stereocenters. The summed E-state index contributed by atoms with van der Waals surface area (Å²) in [7, 11) is -2.33. The summed E-state index contributed by atoms with van der Waals surface area (Å²) in [5, 5.41) is 0.182. The van der Waals surface area contributed by atoms with Gasteiger partial charge in [0.2, 0.25) is 5.89 Å². The molecule has 2 aromatic carbocycles. The zero-order valence-electron chi connectivity index (χ0n) is 29.4. The predicted octanol–water partition coefficient (Wildman–Crippen LogP) is 9.66. The Kier molecular flexibility index (Phi) is 10.6. The van der Waals surface area contributed by atoms with Crippen molar-refractivity contribution in [3.05, 3.63) is 42.5 Å². The molecule has 0 aliphatic heterocycles. The second-order valence-electron chi connectivity index (χ2n) is 15.6. The zero-order chi connectivity index (χ0) is 33.3. The Labute approximate surface area is 266 Å². The first-order valence-electron chi connectivity index (χ1n) is 15.4. The first kappa shape index (κ1) is 35.8. The number of hydrogen-bond donors (Lipinski definition) is 0. The molecule has 0 saturated heterocycles. The largest absolute Gasteiger partial charge is 0.491 e. The maximum atomic E-state index is 12.4. The van der Waals surface area contributed by atoms with Crippen LogP contribution in [0.3, 0.4) is 0 Å². The van der Waals surface area contributed by atoms with Crippen LogP contribution in [-0.4, -0.2) is 59.7 Å². The average Bonchev–Trinajstić information content (AvgIpc) is 3.31. The second-order valence-corrected chi connectivity index (χ2v) is 25.2. The average molecular weight is 643 g/mol. The molecule has 1 atom stereocenters. The Morgan fingerprint density at radius 1 is 0.864 bits per heavy atom. The maximum absolute atomic E-state index is 12.4. The van der Waals surface area contributed by atoms with Gasteiger partial charge < -0.3 is 22.7 Å². The molecule has 0 saturated carbocycles. The number of ether oxygens (including phenoxy) is 2. The van der Waals surface area contributed by atoms with Gasteiger partial charge in [-0.3, -0.25) is 4.90 Å². The highest BCUT2D eigenvalue weighted by Crippen LogP contribution is 2.39. The Morgan fingerprint density at radius 3 is 2.00 bits per heavy atom. The highest BCUT2D eigenvalue weighted by Gasteiger charge is 2.41. The fraction of sp³-hybridized carbons (Fsp3) is 0.588. The molecule has 0 radical (unpaired) electrons. The van der Waals surface area contributed by atoms with Crippen molar-refractivity contribution in [2.45, 2.75) is 110 Å². The predicted molar refractivity (Wildman–Crippen MR) is 185 cm³/mol. The van der Waals surface area contributed by atoms with Gasteiger partial charge in [0.15, 0.2) is 22.2 Å². The third kappa shape index (κ3) is 9.18. The maximum Gasteiger partial charge on any atom is 0.414 e. The van der Waals surface area contributed by atoms with Crippen LogP contribution in [0.25, 0.3) is 22.6 Å². The SMILES string of the molecule is CN(C(=O)OC(C)(C)C)c1ccc(-c2nc3cc(OC[C@@H](CO[Si](C)(C)C(C)(C)C)O[Si](C)(C)C(C)(C)C)ccc3o2)cc1. The number of anilines is 1. The van der Waals surface area contributed by atoms with E-state index in [1.165, 1.54) is 4.90 Å². The molecule has 1 amide bonds. The number of hydrogen-bond acceptors (Lipinski definition) is 7. The summed E-state index contributed by atoms with van der Waals surface area (Å²) < 4.78 is 31.2. The molecule has 0 aliphatic carbocycles. The van der Waals surface area contributed by atoms with Crippen molar-refractivity contribution < 1.29 is 27.5 Å². The second kappa shape index (κ2) is 13.0. The number of fused-ring (bicyclic) bond motifs is 1. The summed E-state index contributed by atoms with van der Waals surface area (Å²) in [4.78, 5) is 18.6. The Morgan fingerprint density at radius 2 is 1.45 bits per heavy atom. The highest BCUT2D eigenvalue weighted by molar-refractivity contribution is 6.74. The van der Waals surface area contributed by atoms with Gasteiger partial charge in [0.25, 0.3) is 0 Å². The van der Waals surface area contributed by atoms with E-state index in [2.05, 4.69) is 67.7 Å². The molecule has 44 heavy (non-hydrogen) atoms. The minimum atomic E-state index is -2.06. The fourth-order valence-corrected chi connectivity index (χ4v) is 6.16. The van der Waals surface area contributed by atoms with Gasteiger partial charge in [0, 0.05) is 24.4 Å². The fourth-order valence-electron chi connectivity index (χ4n) is 3.80. The summed E-state index contributed by atoms with van der Waals surface area (Å²) >= 11 is 0. The molecule has 1 heterocycles. The normalized spacial score (nSPS) is 14.0. The number of aromatic nitrogens is 1. The van der Waals surface area contributed by atoms with Crippen molar-refractivity contribution in [3.63, 3.8) is 0 Å². The standard InChI is InChI=1S/C34H54N2O6Si2/c1-32(2,3)41-31(37)36(10)25-17-15-24(16-18-25)30-35-28-21-26(19-20-29(28)40-30)38-22-27(42-44(13,14)34(7,8)9)23-39-43(11,12)33(4,5)6/h15-21,27H,22-23H2,1-14H3/t27-/m0/s1. The first-order valence-corrected chi connectivity index (χ1v) is 21.2. The Balaban J connectivity index is 1.75. The highest BCUT2D eigenvalue weighted by atomic mass is 28.4. The Bertz CT molecular complexity index is 1410. The van der Waals surface area contributed by atoms with Crippen LogP contribution in [0.15, 0.2) is 46.9 Å². The van der Waals surface area contributed by atoms with E-state index in [1.807, 2.05) is 63.2 Å². The number of amides is 1. The van der Waals surface area contributed by atoms with E-state index < -0.39 is 28.3 Å². The van der Waals surface area contributed by atoms with Crippen molar-refractivity contribution in [1.82, 2.24) is 4.98 Å². The van der Waals surface area contributed by atoms with Crippen LogP contribution in [0.1, 0.15) is 62.3 Å². The lowest BCUT2D eigenvalue weighted by Crippen LogP contribution is -2.49. The summed E-state index contributed by atoms with van der Waals surface area (Å²) in [6.45, 7) is 28.9. The monoisotopic (exact) mass is 642 g/mol. The molecular weight excluding hydrogens is 589 g/mol. The molecule has 10 heteroatoms. The van der Waals surface area contributed by atoms with Gasteiger partial charge in [-0.25, -0.2) is 9.78 Å². The van der Waals surface area contributed by atoms with Crippen LogP contribution in [0.2, 0.25) is 36.3 Å². The van der Waals surface area contributed by atoms with Crippen LogP contribution in [0, 0.1) is 0 Å². The van der Waals surface area contributed by atoms with Gasteiger partial charge in [-0.05, 0) is 93.4 Å². The molecule has 0 bridgehead atoms. The van der Waals surface area contributed by atoms with Crippen LogP contribution in [0.5, 0.6) is 5.75 Å². The van der Waals surface area contributed by atoms with Gasteiger partial charge in [-0.1, -0.05) is 41.5 Å². The molecule has 3 rings (SSSR count). The summed E-state index contributed by atoms with van der Waals surface area (Å²) in [6.07, 6.45) is -0.603. The Hall–Kier alpha value is -2.67. The number of benzene rings is 2. The molecule has 0 N–H and O–H groups in total. The van der Waals surface area contributed by atoms with E-state index in [0.717, 1.165) is 5.56 Å². The molecule has 0 spiro atoms. The first-order chi connectivity index (χ1) is 20.0. The van der Waals surface area contributed by atoms with Crippen LogP contribution in [-0.2, 0) is 13.6 Å². The summed E-state index contributed by atoms with van der Waals surface area (Å²) in [5.74, 6) is 1.19. The van der Waals surface area contributed by atoms with Crippen LogP contribution < -0.4 is 9.64 Å². The lowest BCUT2D eigenvalue weighted by Gasteiger charge is -2.41. The van der Waals surface area contributed by atoms with E-state index in [9.17, 15) is 4.79 Å². The molecule has 8 nitrogen and oxygen atoms in total. The number of rotatable bonds is 10. The summed E-state index contributed by atoms with van der Waals surface area (Å²) in [6, 6.07) is 13.1. The molecule has 0 fully saturated rings. The number of nitrogens with zero attached hydrogens (tertiary/aromatic N) is 2. The van der Waals surface area contributed by atoms with Crippen molar-refractivity contribution >= 4 is 39.5 Å². The number of oxazole rings is 1. The molecular formula is C34H54N2O6Si2. The quantitative estimate of drug-likeness (QED) is 0.204. The van der Waals surface area contributed by atoms with Crippen molar-refractivity contribution in [2.75, 3.05) is 25.2 Å². The van der Waals surface area contributed by atoms with Crippen molar-refractivity contribution in [1.29, 1.82) is 0 Å². The van der Waals surface area contributed by atoms with Crippen LogP contribution in [0.4, 0.5) is 10.5 Å². The van der Waals surface area contributed by atoms with E-state index in [-0.39, 0.29) is 16.2 Å². The van der Waals surface area contributed by atoms with E-state index in [0.29, 0.717) is 41.6 Å². The zero-order valence-corrected chi connectivity index (χ0v) is 31.4. The molecule has 244 valence electrons. The molecule has 1 aromatic heterocycles. The molecule has 3 aromatic rings. The van der Waals surface area contributed by atoms with Gasteiger partial charge in [0.1, 0.15) is 29.6 Å². The lowest BCUT2D eigenvalue weighted by molar-refractivity contribution is 0.0589. The van der Waals surface area contributed by atoms with Gasteiger partial charge in [0.05, 0.1) is 6.61 Å². The van der Waals surface area contributed by atoms with Crippen LogP contribution >= 0.6 is 0 Å². The smallest absolute Gasteiger partial charge is 0.414 e. The minimum Gasteiger partial charge on any atom is -0.491 e. The van der Waals surface area contributed by atoms with Gasteiger partial charge >= 0.3 is 6.09 Å². The van der Waals surface area contributed by atoms with E-state index in [1.54, 1.807) is 7.05 Å². The number of carbonyl (C=O) groups is 1. The third-order valence-electron chi connectivity index (χ3n) is 8.67.